The Bertz CT molecular complexity index is 638. The van der Waals surface area contributed by atoms with Gasteiger partial charge in [0.1, 0.15) is 5.82 Å². The van der Waals surface area contributed by atoms with Gasteiger partial charge in [-0.2, -0.15) is 0 Å². The molecule has 0 radical (unpaired) electrons. The molecular weight excluding hydrogens is 247 g/mol. The van der Waals surface area contributed by atoms with Crippen molar-refractivity contribution in [2.75, 3.05) is 0 Å². The highest BCUT2D eigenvalue weighted by molar-refractivity contribution is 5.69. The van der Waals surface area contributed by atoms with Gasteiger partial charge in [0, 0.05) is 5.56 Å². The van der Waals surface area contributed by atoms with E-state index in [1.165, 1.54) is 11.6 Å². The van der Waals surface area contributed by atoms with E-state index in [4.69, 9.17) is 0 Å². The minimum Gasteiger partial charge on any atom is -0.206 e. The maximum atomic E-state index is 14.1. The highest BCUT2D eigenvalue weighted by atomic mass is 19.1. The number of aryl methyl sites for hydroxylation is 1. The number of benzene rings is 2. The van der Waals surface area contributed by atoms with Gasteiger partial charge in [0.25, 0.3) is 0 Å². The lowest BCUT2D eigenvalue weighted by molar-refractivity contribution is 0.630. The summed E-state index contributed by atoms with van der Waals surface area (Å²) in [7, 11) is 0. The maximum absolute atomic E-state index is 14.1. The van der Waals surface area contributed by atoms with Gasteiger partial charge in [0.15, 0.2) is 0 Å². The van der Waals surface area contributed by atoms with Gasteiger partial charge in [-0.1, -0.05) is 43.9 Å². The number of hydrogen-bond donors (Lipinski definition) is 0. The summed E-state index contributed by atoms with van der Waals surface area (Å²) in [5.41, 5.74) is 4.89. The number of rotatable bonds is 5. The van der Waals surface area contributed by atoms with E-state index < -0.39 is 0 Å². The second-order valence-electron chi connectivity index (χ2n) is 4.78. The molecule has 1 heteroatoms. The molecule has 0 bridgehead atoms. The van der Waals surface area contributed by atoms with Crippen molar-refractivity contribution in [3.8, 4) is 11.1 Å². The van der Waals surface area contributed by atoms with Crippen LogP contribution in [0.15, 0.2) is 55.6 Å². The molecule has 0 fully saturated rings. The number of allylic oxidation sites excluding steroid dienone is 1. The zero-order chi connectivity index (χ0) is 14.5. The van der Waals surface area contributed by atoms with Crippen molar-refractivity contribution in [3.05, 3.63) is 78.1 Å². The Labute approximate surface area is 120 Å². The molecule has 0 aliphatic rings. The summed E-state index contributed by atoms with van der Waals surface area (Å²) >= 11 is 0. The fourth-order valence-corrected chi connectivity index (χ4v) is 2.36. The summed E-state index contributed by atoms with van der Waals surface area (Å²) in [6.07, 6.45) is 5.34. The van der Waals surface area contributed by atoms with Crippen LogP contribution < -0.4 is 0 Å². The molecule has 0 saturated carbocycles. The number of hydrogen-bond acceptors (Lipinski definition) is 0. The van der Waals surface area contributed by atoms with Gasteiger partial charge >= 0.3 is 0 Å². The summed E-state index contributed by atoms with van der Waals surface area (Å²) in [6.45, 7) is 9.67. The molecule has 0 aliphatic carbocycles. The molecule has 0 atom stereocenters. The summed E-state index contributed by atoms with van der Waals surface area (Å²) in [5.74, 6) is -0.197. The lowest BCUT2D eigenvalue weighted by Gasteiger charge is -2.10. The van der Waals surface area contributed by atoms with Crippen molar-refractivity contribution in [2.45, 2.75) is 19.8 Å². The molecule has 0 N–H and O–H groups in total. The first-order valence-electron chi connectivity index (χ1n) is 6.84. The van der Waals surface area contributed by atoms with Crippen LogP contribution in [0.4, 0.5) is 4.39 Å². The van der Waals surface area contributed by atoms with Gasteiger partial charge in [-0.15, -0.1) is 6.58 Å². The van der Waals surface area contributed by atoms with Crippen LogP contribution in [0.1, 0.15) is 23.6 Å². The third-order valence-corrected chi connectivity index (χ3v) is 3.47. The first-order chi connectivity index (χ1) is 9.69. The van der Waals surface area contributed by atoms with Crippen molar-refractivity contribution in [3.63, 3.8) is 0 Å². The highest BCUT2D eigenvalue weighted by Gasteiger charge is 2.08. The van der Waals surface area contributed by atoms with E-state index in [1.54, 1.807) is 6.07 Å². The molecule has 0 unspecified atom stereocenters. The van der Waals surface area contributed by atoms with E-state index in [2.05, 4.69) is 20.1 Å². The van der Waals surface area contributed by atoms with Crippen LogP contribution in [0, 0.1) is 5.82 Å². The topological polar surface area (TPSA) is 0 Å². The molecule has 2 rings (SSSR count). The molecule has 0 heterocycles. The molecule has 20 heavy (non-hydrogen) atoms. The lowest BCUT2D eigenvalue weighted by Crippen LogP contribution is -1.91. The first kappa shape index (κ1) is 14.3. The Hall–Kier alpha value is -2.15. The summed E-state index contributed by atoms with van der Waals surface area (Å²) in [6, 6.07) is 11.2. The molecule has 0 amide bonds. The van der Waals surface area contributed by atoms with Crippen LogP contribution >= 0.6 is 0 Å². The molecule has 0 saturated heterocycles. The van der Waals surface area contributed by atoms with E-state index in [0.717, 1.165) is 29.5 Å². The highest BCUT2D eigenvalue weighted by Crippen LogP contribution is 2.27. The molecular formula is C19H19F. The SMILES string of the molecule is C=CCc1ccc(F)c(-c2ccc(CC)c(C=C)c2)c1. The molecule has 0 spiro atoms. The second kappa shape index (κ2) is 6.33. The van der Waals surface area contributed by atoms with Gasteiger partial charge in [0.2, 0.25) is 0 Å². The third kappa shape index (κ3) is 2.88. The van der Waals surface area contributed by atoms with E-state index in [1.807, 2.05) is 36.4 Å². The van der Waals surface area contributed by atoms with Gasteiger partial charge in [-0.05, 0) is 53.3 Å². The standard InChI is InChI=1S/C19H19F/c1-4-7-14-8-11-19(20)18(12-14)17-10-9-15(5-2)16(6-3)13-17/h4,6,8-13H,1,3,5,7H2,2H3. The zero-order valence-electron chi connectivity index (χ0n) is 11.8. The zero-order valence-corrected chi connectivity index (χ0v) is 11.8. The normalized spacial score (nSPS) is 10.3. The fraction of sp³-hybridized carbons (Fsp3) is 0.158. The Morgan fingerprint density at radius 3 is 2.55 bits per heavy atom. The quantitative estimate of drug-likeness (QED) is 0.633. The van der Waals surface area contributed by atoms with Gasteiger partial charge < -0.3 is 0 Å². The lowest BCUT2D eigenvalue weighted by atomic mass is 9.96. The maximum Gasteiger partial charge on any atom is 0.131 e. The van der Waals surface area contributed by atoms with E-state index in [0.29, 0.717) is 5.56 Å². The second-order valence-corrected chi connectivity index (χ2v) is 4.78. The fourth-order valence-electron chi connectivity index (χ4n) is 2.36. The largest absolute Gasteiger partial charge is 0.206 e. The van der Waals surface area contributed by atoms with Crippen LogP contribution in [0.5, 0.6) is 0 Å². The average Bonchev–Trinajstić information content (AvgIpc) is 2.48. The van der Waals surface area contributed by atoms with Gasteiger partial charge in [-0.3, -0.25) is 0 Å². The molecule has 2 aromatic rings. The Kier molecular flexibility index (Phi) is 4.52. The minimum atomic E-state index is -0.197. The molecule has 102 valence electrons. The molecule has 0 aromatic heterocycles. The Morgan fingerprint density at radius 1 is 1.10 bits per heavy atom. The van der Waals surface area contributed by atoms with Crippen LogP contribution in [0.25, 0.3) is 17.2 Å². The first-order valence-corrected chi connectivity index (χ1v) is 6.84. The summed E-state index contributed by atoms with van der Waals surface area (Å²) < 4.78 is 14.1. The van der Waals surface area contributed by atoms with Crippen molar-refractivity contribution in [1.29, 1.82) is 0 Å². The molecule has 0 nitrogen and oxygen atoms in total. The summed E-state index contributed by atoms with van der Waals surface area (Å²) in [4.78, 5) is 0. The van der Waals surface area contributed by atoms with Crippen LogP contribution in [0.2, 0.25) is 0 Å². The van der Waals surface area contributed by atoms with E-state index in [-0.39, 0.29) is 5.82 Å². The number of halogens is 1. The van der Waals surface area contributed by atoms with Crippen molar-refractivity contribution >= 4 is 6.08 Å². The third-order valence-electron chi connectivity index (χ3n) is 3.47. The average molecular weight is 266 g/mol. The van der Waals surface area contributed by atoms with E-state index >= 15 is 0 Å². The molecule has 0 aliphatic heterocycles. The molecule has 2 aromatic carbocycles. The smallest absolute Gasteiger partial charge is 0.131 e. The van der Waals surface area contributed by atoms with Crippen LogP contribution in [0.3, 0.4) is 0 Å². The van der Waals surface area contributed by atoms with E-state index in [9.17, 15) is 4.39 Å². The Morgan fingerprint density at radius 2 is 1.90 bits per heavy atom. The monoisotopic (exact) mass is 266 g/mol. The van der Waals surface area contributed by atoms with Crippen molar-refractivity contribution < 1.29 is 4.39 Å². The predicted molar refractivity (Wildman–Crippen MR) is 85.2 cm³/mol. The van der Waals surface area contributed by atoms with Crippen LogP contribution in [-0.4, -0.2) is 0 Å². The van der Waals surface area contributed by atoms with Crippen molar-refractivity contribution in [1.82, 2.24) is 0 Å². The predicted octanol–water partition coefficient (Wildman–Crippen LogP) is 5.43. The van der Waals surface area contributed by atoms with Gasteiger partial charge in [0.05, 0.1) is 0 Å². The van der Waals surface area contributed by atoms with Gasteiger partial charge in [-0.25, -0.2) is 4.39 Å². The summed E-state index contributed by atoms with van der Waals surface area (Å²) in [5, 5.41) is 0. The van der Waals surface area contributed by atoms with Crippen molar-refractivity contribution in [2.24, 2.45) is 0 Å². The Balaban J connectivity index is 2.52. The van der Waals surface area contributed by atoms with Crippen LogP contribution in [-0.2, 0) is 12.8 Å². The minimum absolute atomic E-state index is 0.197.